The van der Waals surface area contributed by atoms with Gasteiger partial charge in [-0.15, -0.1) is 0 Å². The van der Waals surface area contributed by atoms with E-state index in [9.17, 15) is 4.79 Å². The highest BCUT2D eigenvalue weighted by Gasteiger charge is 2.13. The molecule has 0 aliphatic rings. The van der Waals surface area contributed by atoms with Gasteiger partial charge < -0.3 is 15.3 Å². The minimum atomic E-state index is 0.0273. The first-order chi connectivity index (χ1) is 6.52. The molecule has 1 atom stereocenters. The monoisotopic (exact) mass is 202 g/mol. The molecule has 1 amide bonds. The summed E-state index contributed by atoms with van der Waals surface area (Å²) < 4.78 is 0. The molecule has 0 aliphatic carbocycles. The van der Waals surface area contributed by atoms with Gasteiger partial charge in [-0.25, -0.2) is 0 Å². The molecule has 0 bridgehead atoms. The minimum absolute atomic E-state index is 0.0273. The fourth-order valence-electron chi connectivity index (χ4n) is 0.982. The van der Waals surface area contributed by atoms with Crippen LogP contribution in [0.3, 0.4) is 0 Å². The van der Waals surface area contributed by atoms with Crippen molar-refractivity contribution in [3.05, 3.63) is 0 Å². The molecule has 4 nitrogen and oxygen atoms in total. The average molecular weight is 202 g/mol. The van der Waals surface area contributed by atoms with Crippen molar-refractivity contribution < 1.29 is 9.90 Å². The number of aliphatic hydroxyl groups excluding tert-OH is 1. The highest BCUT2D eigenvalue weighted by atomic mass is 16.3. The summed E-state index contributed by atoms with van der Waals surface area (Å²) in [6.45, 7) is 6.30. The molecule has 84 valence electrons. The van der Waals surface area contributed by atoms with Crippen LogP contribution < -0.4 is 5.32 Å². The SMILES string of the molecule is CCC(CO)NCC(=O)N(C)C(C)C. The minimum Gasteiger partial charge on any atom is -0.395 e. The Morgan fingerprint density at radius 1 is 1.50 bits per heavy atom. The lowest BCUT2D eigenvalue weighted by Gasteiger charge is -2.23. The number of hydrogen-bond donors (Lipinski definition) is 2. The van der Waals surface area contributed by atoms with Gasteiger partial charge in [0.1, 0.15) is 0 Å². The lowest BCUT2D eigenvalue weighted by Crippen LogP contribution is -2.43. The third-order valence-corrected chi connectivity index (χ3v) is 2.42. The summed E-state index contributed by atoms with van der Waals surface area (Å²) in [5, 5.41) is 11.9. The topological polar surface area (TPSA) is 52.6 Å². The Morgan fingerprint density at radius 3 is 2.43 bits per heavy atom. The van der Waals surface area contributed by atoms with Crippen molar-refractivity contribution in [2.24, 2.45) is 0 Å². The molecule has 0 aromatic heterocycles. The number of aliphatic hydroxyl groups is 1. The summed E-state index contributed by atoms with van der Waals surface area (Å²) in [7, 11) is 1.79. The van der Waals surface area contributed by atoms with Gasteiger partial charge in [-0.05, 0) is 20.3 Å². The quantitative estimate of drug-likeness (QED) is 0.647. The van der Waals surface area contributed by atoms with Gasteiger partial charge in [0.15, 0.2) is 0 Å². The van der Waals surface area contributed by atoms with Crippen molar-refractivity contribution >= 4 is 5.91 Å². The van der Waals surface area contributed by atoms with E-state index in [1.54, 1.807) is 11.9 Å². The molecule has 0 rings (SSSR count). The summed E-state index contributed by atoms with van der Waals surface area (Å²) in [6, 6.07) is 0.248. The summed E-state index contributed by atoms with van der Waals surface area (Å²) in [6.07, 6.45) is 0.829. The lowest BCUT2D eigenvalue weighted by molar-refractivity contribution is -0.130. The number of rotatable bonds is 6. The Kier molecular flexibility index (Phi) is 6.49. The third-order valence-electron chi connectivity index (χ3n) is 2.42. The van der Waals surface area contributed by atoms with E-state index >= 15 is 0 Å². The maximum absolute atomic E-state index is 11.5. The fraction of sp³-hybridized carbons (Fsp3) is 0.900. The number of likely N-dealkylation sites (N-methyl/N-ethyl adjacent to an activating group) is 1. The Morgan fingerprint density at radius 2 is 2.07 bits per heavy atom. The molecule has 2 N–H and O–H groups in total. The van der Waals surface area contributed by atoms with E-state index in [-0.39, 0.29) is 24.6 Å². The van der Waals surface area contributed by atoms with E-state index in [2.05, 4.69) is 5.32 Å². The van der Waals surface area contributed by atoms with E-state index in [1.807, 2.05) is 20.8 Å². The van der Waals surface area contributed by atoms with E-state index < -0.39 is 0 Å². The summed E-state index contributed by atoms with van der Waals surface area (Å²) in [5.74, 6) is 0.0619. The second-order valence-electron chi connectivity index (χ2n) is 3.77. The van der Waals surface area contributed by atoms with Gasteiger partial charge in [0.2, 0.25) is 5.91 Å². The second kappa shape index (κ2) is 6.79. The number of nitrogens with one attached hydrogen (secondary N) is 1. The van der Waals surface area contributed by atoms with Gasteiger partial charge in [-0.1, -0.05) is 6.92 Å². The molecule has 0 radical (unpaired) electrons. The van der Waals surface area contributed by atoms with Crippen LogP contribution in [-0.2, 0) is 4.79 Å². The standard InChI is InChI=1S/C10H22N2O2/c1-5-9(7-13)11-6-10(14)12(4)8(2)3/h8-9,11,13H,5-7H2,1-4H3. The zero-order valence-corrected chi connectivity index (χ0v) is 9.58. The van der Waals surface area contributed by atoms with Gasteiger partial charge in [-0.2, -0.15) is 0 Å². The summed E-state index contributed by atoms with van der Waals surface area (Å²) >= 11 is 0. The first-order valence-electron chi connectivity index (χ1n) is 5.12. The Labute approximate surface area is 86.3 Å². The van der Waals surface area contributed by atoms with Gasteiger partial charge in [0.05, 0.1) is 13.2 Å². The van der Waals surface area contributed by atoms with Gasteiger partial charge in [0, 0.05) is 19.1 Å². The lowest BCUT2D eigenvalue weighted by atomic mass is 10.2. The van der Waals surface area contributed by atoms with Crippen molar-refractivity contribution in [3.8, 4) is 0 Å². The van der Waals surface area contributed by atoms with Gasteiger partial charge >= 0.3 is 0 Å². The van der Waals surface area contributed by atoms with Crippen LogP contribution in [0.15, 0.2) is 0 Å². The van der Waals surface area contributed by atoms with E-state index in [4.69, 9.17) is 5.11 Å². The predicted octanol–water partition coefficient (Wildman–Crippen LogP) is 0.214. The van der Waals surface area contributed by atoms with Gasteiger partial charge in [0.25, 0.3) is 0 Å². The largest absolute Gasteiger partial charge is 0.395 e. The molecule has 1 unspecified atom stereocenters. The van der Waals surface area contributed by atoms with Crippen LogP contribution in [0, 0.1) is 0 Å². The first kappa shape index (κ1) is 13.4. The Hall–Kier alpha value is -0.610. The molecule has 0 saturated carbocycles. The number of amides is 1. The van der Waals surface area contributed by atoms with E-state index in [0.29, 0.717) is 6.54 Å². The van der Waals surface area contributed by atoms with Crippen LogP contribution in [0.25, 0.3) is 0 Å². The Bertz CT molecular complexity index is 168. The average Bonchev–Trinajstić information content (AvgIpc) is 2.17. The van der Waals surface area contributed by atoms with Crippen molar-refractivity contribution in [1.29, 1.82) is 0 Å². The summed E-state index contributed by atoms with van der Waals surface area (Å²) in [5.41, 5.74) is 0. The molecule has 4 heteroatoms. The molecule has 0 spiro atoms. The fourth-order valence-corrected chi connectivity index (χ4v) is 0.982. The highest BCUT2D eigenvalue weighted by molar-refractivity contribution is 5.78. The molecule has 0 heterocycles. The molecule has 0 fully saturated rings. The van der Waals surface area contributed by atoms with Crippen molar-refractivity contribution in [3.63, 3.8) is 0 Å². The molecule has 14 heavy (non-hydrogen) atoms. The van der Waals surface area contributed by atoms with Crippen molar-refractivity contribution in [2.75, 3.05) is 20.2 Å². The zero-order chi connectivity index (χ0) is 11.1. The third kappa shape index (κ3) is 4.58. The first-order valence-corrected chi connectivity index (χ1v) is 5.12. The van der Waals surface area contributed by atoms with Crippen LogP contribution >= 0.6 is 0 Å². The van der Waals surface area contributed by atoms with Crippen molar-refractivity contribution in [2.45, 2.75) is 39.3 Å². The van der Waals surface area contributed by atoms with Crippen LogP contribution in [-0.4, -0.2) is 48.2 Å². The molecule has 0 aliphatic heterocycles. The predicted molar refractivity (Wildman–Crippen MR) is 57.1 cm³/mol. The van der Waals surface area contributed by atoms with E-state index in [1.165, 1.54) is 0 Å². The smallest absolute Gasteiger partial charge is 0.236 e. The second-order valence-corrected chi connectivity index (χ2v) is 3.77. The number of hydrogen-bond acceptors (Lipinski definition) is 3. The molecule has 0 saturated heterocycles. The van der Waals surface area contributed by atoms with Crippen LogP contribution in [0.1, 0.15) is 27.2 Å². The van der Waals surface area contributed by atoms with Crippen LogP contribution in [0.5, 0.6) is 0 Å². The van der Waals surface area contributed by atoms with Crippen LogP contribution in [0.2, 0.25) is 0 Å². The van der Waals surface area contributed by atoms with Crippen molar-refractivity contribution in [1.82, 2.24) is 10.2 Å². The highest BCUT2D eigenvalue weighted by Crippen LogP contribution is 1.94. The molecule has 0 aromatic rings. The Balaban J connectivity index is 3.83. The number of carbonyl (C=O) groups is 1. The summed E-state index contributed by atoms with van der Waals surface area (Å²) in [4.78, 5) is 13.2. The zero-order valence-electron chi connectivity index (χ0n) is 9.58. The molecular formula is C10H22N2O2. The maximum Gasteiger partial charge on any atom is 0.236 e. The van der Waals surface area contributed by atoms with E-state index in [0.717, 1.165) is 6.42 Å². The molecule has 0 aromatic carbocycles. The maximum atomic E-state index is 11.5. The number of nitrogens with zero attached hydrogens (tertiary/aromatic N) is 1. The molecular weight excluding hydrogens is 180 g/mol. The normalized spacial score (nSPS) is 13.0. The number of carbonyl (C=O) groups excluding carboxylic acids is 1. The van der Waals surface area contributed by atoms with Crippen LogP contribution in [0.4, 0.5) is 0 Å². The van der Waals surface area contributed by atoms with Gasteiger partial charge in [-0.3, -0.25) is 4.79 Å².